The zero-order valence-electron chi connectivity index (χ0n) is 15.8. The molecular formula is C20H24N6OS. The van der Waals surface area contributed by atoms with Crippen LogP contribution in [0.3, 0.4) is 0 Å². The van der Waals surface area contributed by atoms with Crippen molar-refractivity contribution in [2.45, 2.75) is 12.1 Å². The molecule has 1 amide bonds. The number of piperazine rings is 1. The molecule has 1 aromatic carbocycles. The number of carbonyl (C=O) groups excluding carboxylic acids is 1. The zero-order valence-corrected chi connectivity index (χ0v) is 16.6. The van der Waals surface area contributed by atoms with Gasteiger partial charge in [0.2, 0.25) is 5.91 Å². The molecule has 1 saturated heterocycles. The number of hydrogen-bond donors (Lipinski definition) is 2. The number of carbonyl (C=O) groups is 1. The van der Waals surface area contributed by atoms with Gasteiger partial charge in [0, 0.05) is 50.7 Å². The summed E-state index contributed by atoms with van der Waals surface area (Å²) in [6.07, 6.45) is 5.52. The Hall–Kier alpha value is -2.55. The fourth-order valence-electron chi connectivity index (χ4n) is 3.59. The summed E-state index contributed by atoms with van der Waals surface area (Å²) in [5.74, 6) is 0.963. The van der Waals surface area contributed by atoms with Gasteiger partial charge < -0.3 is 15.2 Å². The van der Waals surface area contributed by atoms with E-state index in [9.17, 15) is 4.79 Å². The predicted molar refractivity (Wildman–Crippen MR) is 109 cm³/mol. The molecule has 1 aliphatic rings. The molecule has 7 nitrogen and oxygen atoms in total. The van der Waals surface area contributed by atoms with E-state index in [-0.39, 0.29) is 18.0 Å². The number of thiazole rings is 1. The van der Waals surface area contributed by atoms with Crippen LogP contribution in [-0.2, 0) is 11.8 Å². The Morgan fingerprint density at radius 1 is 1.32 bits per heavy atom. The van der Waals surface area contributed by atoms with Gasteiger partial charge in [0.15, 0.2) is 0 Å². The minimum absolute atomic E-state index is 0.00911. The normalized spacial score (nSPS) is 18.7. The SMILES string of the molecule is Cn1ccnc1C1CNCCN1CC(=O)NC(c1ccccc1)c1nccs1. The van der Waals surface area contributed by atoms with Crippen LogP contribution in [0.2, 0.25) is 0 Å². The Morgan fingerprint density at radius 2 is 2.18 bits per heavy atom. The highest BCUT2D eigenvalue weighted by molar-refractivity contribution is 7.09. The molecule has 1 aliphatic heterocycles. The topological polar surface area (TPSA) is 75.1 Å². The Balaban J connectivity index is 1.49. The number of amides is 1. The Morgan fingerprint density at radius 3 is 2.89 bits per heavy atom. The van der Waals surface area contributed by atoms with Crippen molar-refractivity contribution in [1.29, 1.82) is 0 Å². The van der Waals surface area contributed by atoms with Gasteiger partial charge in [-0.25, -0.2) is 9.97 Å². The van der Waals surface area contributed by atoms with Crippen molar-refractivity contribution in [2.24, 2.45) is 7.05 Å². The number of hydrogen-bond acceptors (Lipinski definition) is 6. The van der Waals surface area contributed by atoms with Crippen molar-refractivity contribution in [2.75, 3.05) is 26.2 Å². The molecule has 2 atom stereocenters. The highest BCUT2D eigenvalue weighted by Crippen LogP contribution is 2.24. The molecule has 0 spiro atoms. The van der Waals surface area contributed by atoms with E-state index < -0.39 is 0 Å². The van der Waals surface area contributed by atoms with Crippen LogP contribution in [0.1, 0.15) is 28.5 Å². The summed E-state index contributed by atoms with van der Waals surface area (Å²) >= 11 is 1.55. The van der Waals surface area contributed by atoms with E-state index in [4.69, 9.17) is 0 Å². The fourth-order valence-corrected chi connectivity index (χ4v) is 4.30. The number of rotatable bonds is 6. The van der Waals surface area contributed by atoms with Crippen LogP contribution in [0.25, 0.3) is 0 Å². The summed E-state index contributed by atoms with van der Waals surface area (Å²) in [6, 6.07) is 9.83. The fraction of sp³-hybridized carbons (Fsp3) is 0.350. The molecule has 0 radical (unpaired) electrons. The molecule has 2 aromatic heterocycles. The second kappa shape index (κ2) is 8.64. The van der Waals surface area contributed by atoms with Crippen LogP contribution in [-0.4, -0.2) is 51.5 Å². The smallest absolute Gasteiger partial charge is 0.235 e. The van der Waals surface area contributed by atoms with Crippen LogP contribution in [0, 0.1) is 0 Å². The van der Waals surface area contributed by atoms with Crippen LogP contribution < -0.4 is 10.6 Å². The van der Waals surface area contributed by atoms with Gasteiger partial charge >= 0.3 is 0 Å². The van der Waals surface area contributed by atoms with Crippen molar-refractivity contribution in [3.8, 4) is 0 Å². The molecule has 4 rings (SSSR count). The van der Waals surface area contributed by atoms with Gasteiger partial charge in [-0.3, -0.25) is 9.69 Å². The van der Waals surface area contributed by atoms with Crippen molar-refractivity contribution < 1.29 is 4.79 Å². The molecule has 146 valence electrons. The average Bonchev–Trinajstić information content (AvgIpc) is 3.39. The summed E-state index contributed by atoms with van der Waals surface area (Å²) in [4.78, 5) is 24.1. The van der Waals surface area contributed by atoms with Crippen molar-refractivity contribution in [1.82, 2.24) is 30.1 Å². The minimum Gasteiger partial charge on any atom is -0.342 e. The molecule has 0 bridgehead atoms. The van der Waals surface area contributed by atoms with Gasteiger partial charge in [-0.05, 0) is 5.56 Å². The van der Waals surface area contributed by atoms with Gasteiger partial charge in [-0.2, -0.15) is 0 Å². The molecule has 3 heterocycles. The monoisotopic (exact) mass is 396 g/mol. The van der Waals surface area contributed by atoms with Gasteiger partial charge in [0.05, 0.1) is 12.6 Å². The summed E-state index contributed by atoms with van der Waals surface area (Å²) in [6.45, 7) is 2.78. The number of imidazole rings is 1. The molecule has 8 heteroatoms. The number of nitrogens with zero attached hydrogens (tertiary/aromatic N) is 4. The molecule has 28 heavy (non-hydrogen) atoms. The standard InChI is InChI=1S/C20H24N6OS/c1-25-10-8-22-19(25)16-13-21-7-11-26(16)14-17(27)24-18(20-23-9-12-28-20)15-5-3-2-4-6-15/h2-6,8-10,12,16,18,21H,7,11,13-14H2,1H3,(H,24,27). The summed E-state index contributed by atoms with van der Waals surface area (Å²) in [7, 11) is 1.99. The molecular weight excluding hydrogens is 372 g/mol. The van der Waals surface area contributed by atoms with Crippen molar-refractivity contribution in [3.63, 3.8) is 0 Å². The highest BCUT2D eigenvalue weighted by atomic mass is 32.1. The summed E-state index contributed by atoms with van der Waals surface area (Å²) < 4.78 is 2.02. The Bertz CT molecular complexity index is 895. The van der Waals surface area contributed by atoms with Gasteiger partial charge in [-0.15, -0.1) is 11.3 Å². The quantitative estimate of drug-likeness (QED) is 0.664. The van der Waals surface area contributed by atoms with Crippen molar-refractivity contribution >= 4 is 17.2 Å². The largest absolute Gasteiger partial charge is 0.342 e. The van der Waals surface area contributed by atoms with E-state index >= 15 is 0 Å². The number of aryl methyl sites for hydroxylation is 1. The second-order valence-corrected chi connectivity index (χ2v) is 7.79. The predicted octanol–water partition coefficient (Wildman–Crippen LogP) is 1.73. The molecule has 2 unspecified atom stereocenters. The first-order valence-corrected chi connectivity index (χ1v) is 10.3. The second-order valence-electron chi connectivity index (χ2n) is 6.87. The zero-order chi connectivity index (χ0) is 19.3. The van der Waals surface area contributed by atoms with Crippen LogP contribution in [0.4, 0.5) is 0 Å². The Kier molecular flexibility index (Phi) is 5.80. The first kappa shape index (κ1) is 18.8. The number of nitrogens with one attached hydrogen (secondary N) is 2. The highest BCUT2D eigenvalue weighted by Gasteiger charge is 2.29. The van der Waals surface area contributed by atoms with Crippen LogP contribution in [0.15, 0.2) is 54.3 Å². The maximum Gasteiger partial charge on any atom is 0.235 e. The lowest BCUT2D eigenvalue weighted by Gasteiger charge is -2.35. The lowest BCUT2D eigenvalue weighted by Crippen LogP contribution is -2.50. The molecule has 3 aromatic rings. The maximum absolute atomic E-state index is 13.0. The average molecular weight is 397 g/mol. The molecule has 1 fully saturated rings. The molecule has 0 aliphatic carbocycles. The van der Waals surface area contributed by atoms with Crippen LogP contribution in [0.5, 0.6) is 0 Å². The van der Waals surface area contributed by atoms with E-state index in [0.717, 1.165) is 36.0 Å². The summed E-state index contributed by atoms with van der Waals surface area (Å²) in [5, 5.41) is 9.42. The summed E-state index contributed by atoms with van der Waals surface area (Å²) in [5.41, 5.74) is 1.03. The van der Waals surface area contributed by atoms with Gasteiger partial charge in [0.1, 0.15) is 16.9 Å². The van der Waals surface area contributed by atoms with E-state index in [2.05, 4.69) is 25.5 Å². The first-order chi connectivity index (χ1) is 13.7. The molecule has 2 N–H and O–H groups in total. The number of benzene rings is 1. The lowest BCUT2D eigenvalue weighted by atomic mass is 10.1. The van der Waals surface area contributed by atoms with E-state index in [0.29, 0.717) is 6.54 Å². The maximum atomic E-state index is 13.0. The minimum atomic E-state index is -0.233. The number of aromatic nitrogens is 3. The first-order valence-electron chi connectivity index (χ1n) is 9.38. The van der Waals surface area contributed by atoms with Gasteiger partial charge in [0.25, 0.3) is 0 Å². The van der Waals surface area contributed by atoms with Crippen LogP contribution >= 0.6 is 11.3 Å². The van der Waals surface area contributed by atoms with Gasteiger partial charge in [-0.1, -0.05) is 30.3 Å². The third-order valence-electron chi connectivity index (χ3n) is 4.99. The van der Waals surface area contributed by atoms with Crippen molar-refractivity contribution in [3.05, 3.63) is 70.7 Å². The van der Waals surface area contributed by atoms with E-state index in [1.54, 1.807) is 23.7 Å². The third kappa shape index (κ3) is 4.14. The van der Waals surface area contributed by atoms with E-state index in [1.807, 2.05) is 53.5 Å². The Labute approximate surface area is 168 Å². The van der Waals surface area contributed by atoms with E-state index in [1.165, 1.54) is 0 Å². The third-order valence-corrected chi connectivity index (χ3v) is 5.83. The molecule has 0 saturated carbocycles. The lowest BCUT2D eigenvalue weighted by molar-refractivity contribution is -0.123.